The minimum atomic E-state index is -0.115. The van der Waals surface area contributed by atoms with E-state index in [-0.39, 0.29) is 18.4 Å². The Hall–Kier alpha value is -0.650. The number of ether oxygens (including phenoxy) is 3. The van der Waals surface area contributed by atoms with Gasteiger partial charge in [0.05, 0.1) is 34.3 Å². The van der Waals surface area contributed by atoms with Crippen molar-refractivity contribution in [3.8, 4) is 0 Å². The molecule has 0 radical (unpaired) electrons. The molecule has 35 heavy (non-hydrogen) atoms. The van der Waals surface area contributed by atoms with Crippen molar-refractivity contribution >= 4 is 5.97 Å². The van der Waals surface area contributed by atoms with Crippen molar-refractivity contribution in [2.75, 3.05) is 40.9 Å². The van der Waals surface area contributed by atoms with Crippen molar-refractivity contribution in [2.45, 2.75) is 148 Å². The minimum Gasteiger partial charge on any atom is -0.463 e. The Morgan fingerprint density at radius 3 is 1.80 bits per heavy atom. The van der Waals surface area contributed by atoms with E-state index in [0.717, 1.165) is 43.1 Å². The van der Waals surface area contributed by atoms with Crippen LogP contribution in [-0.4, -0.2) is 63.7 Å². The van der Waals surface area contributed by atoms with Crippen LogP contribution < -0.4 is 0 Å². The maximum atomic E-state index is 11.9. The molecule has 5 nitrogen and oxygen atoms in total. The van der Waals surface area contributed by atoms with Crippen molar-refractivity contribution in [1.29, 1.82) is 0 Å². The summed E-state index contributed by atoms with van der Waals surface area (Å²) < 4.78 is 18.0. The quantitative estimate of drug-likeness (QED) is 0.0773. The number of carbonyl (C=O) groups is 1. The van der Waals surface area contributed by atoms with Gasteiger partial charge in [-0.2, -0.15) is 0 Å². The van der Waals surface area contributed by atoms with Gasteiger partial charge in [-0.3, -0.25) is 4.79 Å². The largest absolute Gasteiger partial charge is 0.463 e. The molecule has 0 saturated carbocycles. The molecule has 0 spiro atoms. The molecule has 0 aromatic heterocycles. The third-order valence-electron chi connectivity index (χ3n) is 7.00. The van der Waals surface area contributed by atoms with Crippen LogP contribution in [0.5, 0.6) is 0 Å². The van der Waals surface area contributed by atoms with E-state index < -0.39 is 0 Å². The maximum Gasteiger partial charge on any atom is 0.305 e. The third kappa shape index (κ3) is 21.2. The molecule has 2 atom stereocenters. The van der Waals surface area contributed by atoms with Gasteiger partial charge >= 0.3 is 5.97 Å². The Morgan fingerprint density at radius 1 is 0.743 bits per heavy atom. The zero-order valence-electron chi connectivity index (χ0n) is 24.0. The van der Waals surface area contributed by atoms with Gasteiger partial charge in [0.15, 0.2) is 6.29 Å². The predicted molar refractivity (Wildman–Crippen MR) is 146 cm³/mol. The van der Waals surface area contributed by atoms with E-state index in [2.05, 4.69) is 28.1 Å². The predicted octanol–water partition coefficient (Wildman–Crippen LogP) is 7.80. The van der Waals surface area contributed by atoms with Gasteiger partial charge in [-0.1, -0.05) is 96.8 Å². The molecule has 1 aliphatic rings. The van der Waals surface area contributed by atoms with E-state index in [1.54, 1.807) is 0 Å². The standard InChI is InChI=1S/C30H60NO4/c1-5-6-7-8-9-10-11-12-13-14-15-16-17-18-21-24-30-34-27-28(35-30)26-33-29(32)23-20-19-22-25-31(2,3)4/h28,30H,5-27H2,1-4H3/q+1. The Labute approximate surface area is 218 Å². The highest BCUT2D eigenvalue weighted by Crippen LogP contribution is 2.19. The summed E-state index contributed by atoms with van der Waals surface area (Å²) in [5.41, 5.74) is 0. The van der Waals surface area contributed by atoms with Crippen LogP contribution in [0.3, 0.4) is 0 Å². The van der Waals surface area contributed by atoms with Gasteiger partial charge in [-0.15, -0.1) is 0 Å². The molecule has 0 aromatic rings. The first-order chi connectivity index (χ1) is 16.9. The zero-order valence-corrected chi connectivity index (χ0v) is 24.0. The van der Waals surface area contributed by atoms with Crippen LogP contribution >= 0.6 is 0 Å². The lowest BCUT2D eigenvalue weighted by Crippen LogP contribution is -2.35. The van der Waals surface area contributed by atoms with Crippen LogP contribution in [0.15, 0.2) is 0 Å². The Kier molecular flexibility index (Phi) is 19.8. The first-order valence-electron chi connectivity index (χ1n) is 15.1. The van der Waals surface area contributed by atoms with E-state index in [9.17, 15) is 4.79 Å². The summed E-state index contributed by atoms with van der Waals surface area (Å²) in [6.45, 7) is 4.30. The van der Waals surface area contributed by atoms with Gasteiger partial charge in [0.1, 0.15) is 12.7 Å². The van der Waals surface area contributed by atoms with Gasteiger partial charge in [-0.05, 0) is 32.1 Å². The smallest absolute Gasteiger partial charge is 0.305 e. The highest BCUT2D eigenvalue weighted by Gasteiger charge is 2.26. The number of quaternary nitrogens is 1. The summed E-state index contributed by atoms with van der Waals surface area (Å²) >= 11 is 0. The lowest BCUT2D eigenvalue weighted by molar-refractivity contribution is -0.870. The van der Waals surface area contributed by atoms with Crippen LogP contribution in [0.25, 0.3) is 0 Å². The maximum absolute atomic E-state index is 11.9. The molecule has 0 aromatic carbocycles. The zero-order chi connectivity index (χ0) is 25.6. The molecule has 1 aliphatic heterocycles. The fraction of sp³-hybridized carbons (Fsp3) is 0.967. The summed E-state index contributed by atoms with van der Waals surface area (Å²) in [7, 11) is 6.60. The fourth-order valence-corrected chi connectivity index (χ4v) is 4.72. The molecular weight excluding hydrogens is 438 g/mol. The van der Waals surface area contributed by atoms with Crippen LogP contribution in [0.2, 0.25) is 0 Å². The van der Waals surface area contributed by atoms with Crippen molar-refractivity contribution in [1.82, 2.24) is 0 Å². The molecule has 2 unspecified atom stereocenters. The van der Waals surface area contributed by atoms with E-state index >= 15 is 0 Å². The summed E-state index contributed by atoms with van der Waals surface area (Å²) in [6.07, 6.45) is 25.1. The lowest BCUT2D eigenvalue weighted by atomic mass is 10.0. The second kappa shape index (κ2) is 21.4. The second-order valence-corrected chi connectivity index (χ2v) is 11.8. The van der Waals surface area contributed by atoms with Crippen molar-refractivity contribution in [3.05, 3.63) is 0 Å². The molecule has 0 amide bonds. The summed E-state index contributed by atoms with van der Waals surface area (Å²) in [5, 5.41) is 0. The first-order valence-corrected chi connectivity index (χ1v) is 15.1. The number of nitrogens with zero attached hydrogens (tertiary/aromatic N) is 1. The number of unbranched alkanes of at least 4 members (excludes halogenated alkanes) is 16. The third-order valence-corrected chi connectivity index (χ3v) is 7.00. The summed E-state index contributed by atoms with van der Waals surface area (Å²) in [5.74, 6) is -0.107. The molecule has 1 heterocycles. The summed E-state index contributed by atoms with van der Waals surface area (Å²) in [6, 6.07) is 0. The van der Waals surface area contributed by atoms with Gasteiger partial charge in [0.25, 0.3) is 0 Å². The molecule has 208 valence electrons. The molecule has 1 rings (SSSR count). The molecule has 0 bridgehead atoms. The van der Waals surface area contributed by atoms with Crippen molar-refractivity contribution in [2.24, 2.45) is 0 Å². The van der Waals surface area contributed by atoms with Gasteiger partial charge in [0, 0.05) is 6.42 Å². The van der Waals surface area contributed by atoms with E-state index in [1.807, 2.05) is 0 Å². The molecule has 0 aliphatic carbocycles. The Bertz CT molecular complexity index is 491. The Balaban J connectivity index is 1.84. The second-order valence-electron chi connectivity index (χ2n) is 11.8. The molecular formula is C30H60NO4+. The average molecular weight is 499 g/mol. The SMILES string of the molecule is CCCCCCCCCCCCCCCCCC1OCC(COC(=O)CCCCC[N+](C)(C)C)O1. The van der Waals surface area contributed by atoms with Crippen molar-refractivity contribution < 1.29 is 23.5 Å². The number of hydrogen-bond acceptors (Lipinski definition) is 4. The van der Waals surface area contributed by atoms with E-state index in [0.29, 0.717) is 19.6 Å². The number of hydrogen-bond donors (Lipinski definition) is 0. The molecule has 5 heteroatoms. The topological polar surface area (TPSA) is 44.8 Å². The fourth-order valence-electron chi connectivity index (χ4n) is 4.72. The minimum absolute atomic E-state index is 0.0986. The van der Waals surface area contributed by atoms with E-state index in [4.69, 9.17) is 14.2 Å². The Morgan fingerprint density at radius 2 is 1.26 bits per heavy atom. The van der Waals surface area contributed by atoms with Gasteiger partial charge in [-0.25, -0.2) is 0 Å². The van der Waals surface area contributed by atoms with E-state index in [1.165, 1.54) is 89.9 Å². The summed E-state index contributed by atoms with van der Waals surface area (Å²) in [4.78, 5) is 11.9. The van der Waals surface area contributed by atoms with Gasteiger partial charge < -0.3 is 18.7 Å². The van der Waals surface area contributed by atoms with Crippen LogP contribution in [0.1, 0.15) is 135 Å². The van der Waals surface area contributed by atoms with Crippen molar-refractivity contribution in [3.63, 3.8) is 0 Å². The first kappa shape index (κ1) is 32.4. The molecule has 0 N–H and O–H groups in total. The number of esters is 1. The molecule has 1 saturated heterocycles. The number of carbonyl (C=O) groups excluding carboxylic acids is 1. The van der Waals surface area contributed by atoms with Crippen LogP contribution in [0.4, 0.5) is 0 Å². The normalized spacial score (nSPS) is 18.3. The van der Waals surface area contributed by atoms with Gasteiger partial charge in [0.2, 0.25) is 0 Å². The lowest BCUT2D eigenvalue weighted by Gasteiger charge is -2.23. The average Bonchev–Trinajstić information content (AvgIpc) is 3.27. The highest BCUT2D eigenvalue weighted by atomic mass is 16.7. The number of rotatable bonds is 24. The monoisotopic (exact) mass is 498 g/mol. The highest BCUT2D eigenvalue weighted by molar-refractivity contribution is 5.69. The van der Waals surface area contributed by atoms with Crippen LogP contribution in [0, 0.1) is 0 Å². The van der Waals surface area contributed by atoms with Crippen LogP contribution in [-0.2, 0) is 19.0 Å². The molecule has 1 fully saturated rings.